The van der Waals surface area contributed by atoms with Gasteiger partial charge in [0, 0.05) is 22.1 Å². The molecule has 1 aromatic carbocycles. The lowest BCUT2D eigenvalue weighted by atomic mass is 9.97. The van der Waals surface area contributed by atoms with Crippen LogP contribution in [0.15, 0.2) is 34.2 Å². The van der Waals surface area contributed by atoms with E-state index in [1.54, 1.807) is 11.8 Å². The van der Waals surface area contributed by atoms with Crippen LogP contribution in [0.25, 0.3) is 0 Å². The summed E-state index contributed by atoms with van der Waals surface area (Å²) in [6.45, 7) is 7.61. The molecule has 1 aromatic heterocycles. The average Bonchev–Trinajstić information content (AvgIpc) is 3.18. The Kier molecular flexibility index (Phi) is 3.95. The van der Waals surface area contributed by atoms with Gasteiger partial charge in [-0.3, -0.25) is 4.79 Å². The summed E-state index contributed by atoms with van der Waals surface area (Å²) in [5.74, 6) is 1.39. The van der Waals surface area contributed by atoms with Crippen LogP contribution in [-0.4, -0.2) is 32.6 Å². The summed E-state index contributed by atoms with van der Waals surface area (Å²) in [4.78, 5) is 20.7. The number of fused-ring (bicyclic) bond motifs is 3. The predicted molar refractivity (Wildman–Crippen MR) is 101 cm³/mol. The van der Waals surface area contributed by atoms with Crippen molar-refractivity contribution >= 4 is 29.2 Å². The van der Waals surface area contributed by atoms with E-state index < -0.39 is 0 Å². The highest BCUT2D eigenvalue weighted by Gasteiger charge is 2.35. The summed E-state index contributed by atoms with van der Waals surface area (Å²) >= 11 is 1.60. The Bertz CT molecular complexity index is 886. The Morgan fingerprint density at radius 3 is 2.76 bits per heavy atom. The zero-order chi connectivity index (χ0) is 17.7. The lowest BCUT2D eigenvalue weighted by molar-refractivity contribution is 0.0745. The van der Waals surface area contributed by atoms with Crippen molar-refractivity contribution in [1.29, 1.82) is 0 Å². The van der Waals surface area contributed by atoms with E-state index in [1.165, 1.54) is 0 Å². The zero-order valence-corrected chi connectivity index (χ0v) is 15.8. The van der Waals surface area contributed by atoms with E-state index in [-0.39, 0.29) is 5.91 Å². The number of aromatic nitrogens is 2. The molecule has 0 bridgehead atoms. The lowest BCUT2D eigenvalue weighted by Gasteiger charge is -2.27. The maximum absolute atomic E-state index is 13.0. The number of aliphatic imine (C=N–C) groups is 1. The Hall–Kier alpha value is -2.08. The van der Waals surface area contributed by atoms with Crippen LogP contribution in [0, 0.1) is 5.92 Å². The Labute approximate surface area is 152 Å². The summed E-state index contributed by atoms with van der Waals surface area (Å²) < 4.78 is 2.04. The van der Waals surface area contributed by atoms with Gasteiger partial charge in [-0.05, 0) is 32.2 Å². The van der Waals surface area contributed by atoms with Gasteiger partial charge in [-0.2, -0.15) is 5.10 Å². The highest BCUT2D eigenvalue weighted by atomic mass is 32.2. The molecule has 0 spiro atoms. The van der Waals surface area contributed by atoms with Crippen LogP contribution < -0.4 is 0 Å². The van der Waals surface area contributed by atoms with Crippen LogP contribution >= 0.6 is 11.8 Å². The fourth-order valence-electron chi connectivity index (χ4n) is 3.59. The van der Waals surface area contributed by atoms with Crippen molar-refractivity contribution in [3.63, 3.8) is 0 Å². The van der Waals surface area contributed by atoms with Crippen molar-refractivity contribution in [3.8, 4) is 0 Å². The third kappa shape index (κ3) is 2.51. The molecule has 0 fully saturated rings. The molecule has 0 aliphatic carbocycles. The molecule has 0 radical (unpaired) electrons. The molecule has 0 N–H and O–H groups in total. The molecule has 2 aromatic rings. The second kappa shape index (κ2) is 6.02. The van der Waals surface area contributed by atoms with E-state index in [4.69, 9.17) is 10.1 Å². The van der Waals surface area contributed by atoms with Crippen molar-refractivity contribution in [3.05, 3.63) is 41.1 Å². The fraction of sp³-hybridized carbons (Fsp3) is 0.421. The molecule has 6 heteroatoms. The predicted octanol–water partition coefficient (Wildman–Crippen LogP) is 4.06. The molecule has 3 heterocycles. The molecule has 5 nitrogen and oxygen atoms in total. The third-order valence-corrected chi connectivity index (χ3v) is 6.22. The molecule has 2 unspecified atom stereocenters. The van der Waals surface area contributed by atoms with Crippen molar-refractivity contribution in [1.82, 2.24) is 14.7 Å². The first-order valence-electron chi connectivity index (χ1n) is 8.59. The highest BCUT2D eigenvalue weighted by molar-refractivity contribution is 7.98. The summed E-state index contributed by atoms with van der Waals surface area (Å²) in [5, 5.41) is 4.78. The number of hydrogen-bond acceptors (Lipinski definition) is 4. The maximum atomic E-state index is 13.0. The van der Waals surface area contributed by atoms with Crippen LogP contribution in [0.4, 0.5) is 5.82 Å². The second-order valence-electron chi connectivity index (χ2n) is 6.84. The van der Waals surface area contributed by atoms with Crippen LogP contribution in [0.3, 0.4) is 0 Å². The van der Waals surface area contributed by atoms with Crippen molar-refractivity contribution in [2.24, 2.45) is 10.9 Å². The molecule has 0 saturated carbocycles. The van der Waals surface area contributed by atoms with Crippen LogP contribution in [-0.2, 0) is 13.1 Å². The molecular formula is C19H22N4OS. The summed E-state index contributed by atoms with van der Waals surface area (Å²) in [7, 11) is 0. The number of nitrogens with zero attached hydrogens (tertiary/aromatic N) is 4. The Balaban J connectivity index is 1.65. The third-order valence-electron chi connectivity index (χ3n) is 5.43. The highest BCUT2D eigenvalue weighted by Crippen LogP contribution is 2.39. The molecule has 1 amide bonds. The van der Waals surface area contributed by atoms with Gasteiger partial charge in [0.1, 0.15) is 0 Å². The zero-order valence-electron chi connectivity index (χ0n) is 15.0. The van der Waals surface area contributed by atoms with E-state index in [9.17, 15) is 4.79 Å². The van der Waals surface area contributed by atoms with Crippen LogP contribution in [0.2, 0.25) is 0 Å². The summed E-state index contributed by atoms with van der Waals surface area (Å²) in [6.07, 6.45) is 2.00. The molecule has 25 heavy (non-hydrogen) atoms. The van der Waals surface area contributed by atoms with Crippen molar-refractivity contribution in [2.75, 3.05) is 6.26 Å². The minimum absolute atomic E-state index is 0.0691. The van der Waals surface area contributed by atoms with E-state index >= 15 is 0 Å². The monoisotopic (exact) mass is 354 g/mol. The minimum Gasteiger partial charge on any atom is -0.328 e. The van der Waals surface area contributed by atoms with Crippen LogP contribution in [0.5, 0.6) is 0 Å². The van der Waals surface area contributed by atoms with Gasteiger partial charge >= 0.3 is 0 Å². The normalized spacial score (nSPS) is 21.8. The second-order valence-corrected chi connectivity index (χ2v) is 7.69. The van der Waals surface area contributed by atoms with Gasteiger partial charge in [-0.25, -0.2) is 9.67 Å². The summed E-state index contributed by atoms with van der Waals surface area (Å²) in [6, 6.07) is 8.09. The standard InChI is InChI=1S/C19H22N4OS/c1-11-12(2)20-18-15-9-22(10-16(15)21-23(18)13(11)3)19(24)14-7-5-6-8-17(14)25-4/h5-8,11,13H,9-10H2,1-4H3. The number of rotatable bonds is 2. The first-order chi connectivity index (χ1) is 12.0. The number of thioether (sulfide) groups is 1. The number of carbonyl (C=O) groups is 1. The van der Waals surface area contributed by atoms with E-state index in [1.807, 2.05) is 40.1 Å². The van der Waals surface area contributed by atoms with Gasteiger partial charge in [0.25, 0.3) is 5.91 Å². The number of amides is 1. The largest absolute Gasteiger partial charge is 0.328 e. The van der Waals surface area contributed by atoms with Gasteiger partial charge in [0.2, 0.25) is 0 Å². The van der Waals surface area contributed by atoms with Gasteiger partial charge in [-0.1, -0.05) is 19.1 Å². The number of carbonyl (C=O) groups excluding carboxylic acids is 1. The quantitative estimate of drug-likeness (QED) is 0.764. The first-order valence-corrected chi connectivity index (χ1v) is 9.81. The molecule has 130 valence electrons. The Morgan fingerprint density at radius 1 is 1.24 bits per heavy atom. The molecule has 2 aliphatic heterocycles. The molecule has 2 atom stereocenters. The topological polar surface area (TPSA) is 50.5 Å². The average molecular weight is 354 g/mol. The van der Waals surface area contributed by atoms with Gasteiger partial charge < -0.3 is 4.90 Å². The molecule has 4 rings (SSSR count). The molecule has 2 aliphatic rings. The van der Waals surface area contributed by atoms with E-state index in [0.29, 0.717) is 25.0 Å². The summed E-state index contributed by atoms with van der Waals surface area (Å²) in [5.41, 5.74) is 4.00. The Morgan fingerprint density at radius 2 is 2.00 bits per heavy atom. The number of benzene rings is 1. The number of hydrogen-bond donors (Lipinski definition) is 0. The van der Waals surface area contributed by atoms with E-state index in [2.05, 4.69) is 20.8 Å². The molecular weight excluding hydrogens is 332 g/mol. The SMILES string of the molecule is CSc1ccccc1C(=O)N1Cc2nn3c(c2C1)N=C(C)C(C)C3C. The van der Waals surface area contributed by atoms with Gasteiger partial charge in [0.05, 0.1) is 30.4 Å². The molecule has 0 saturated heterocycles. The van der Waals surface area contributed by atoms with Gasteiger partial charge in [-0.15, -0.1) is 11.8 Å². The lowest BCUT2D eigenvalue weighted by Crippen LogP contribution is -2.28. The van der Waals surface area contributed by atoms with Gasteiger partial charge in [0.15, 0.2) is 5.82 Å². The van der Waals surface area contributed by atoms with Crippen LogP contribution in [0.1, 0.15) is 48.4 Å². The minimum atomic E-state index is 0.0691. The maximum Gasteiger partial charge on any atom is 0.255 e. The smallest absolute Gasteiger partial charge is 0.255 e. The van der Waals surface area contributed by atoms with Crippen molar-refractivity contribution in [2.45, 2.75) is 44.8 Å². The fourth-order valence-corrected chi connectivity index (χ4v) is 4.18. The first kappa shape index (κ1) is 16.4. The van der Waals surface area contributed by atoms with Crippen molar-refractivity contribution < 1.29 is 4.79 Å². The van der Waals surface area contributed by atoms with E-state index in [0.717, 1.165) is 33.2 Å².